The molecule has 0 heterocycles. The summed E-state index contributed by atoms with van der Waals surface area (Å²) in [4.78, 5) is 37.1. The Morgan fingerprint density at radius 3 is 1.90 bits per heavy atom. The maximum atomic E-state index is 12.5. The van der Waals surface area contributed by atoms with Crippen LogP contribution in [0.1, 0.15) is 86.9 Å². The maximum Gasteiger partial charge on any atom is 0.343 e. The zero-order valence-electron chi connectivity index (χ0n) is 24.5. The number of amides is 2. The summed E-state index contributed by atoms with van der Waals surface area (Å²) in [6.07, 6.45) is 5.02. The Balaban J connectivity index is 1.78. The second-order valence-electron chi connectivity index (χ2n) is 9.90. The van der Waals surface area contributed by atoms with Gasteiger partial charge in [-0.3, -0.25) is 9.59 Å². The van der Waals surface area contributed by atoms with Gasteiger partial charge in [0.2, 0.25) is 5.91 Å². The van der Waals surface area contributed by atoms with Gasteiger partial charge in [-0.1, -0.05) is 27.7 Å². The van der Waals surface area contributed by atoms with Crippen molar-refractivity contribution in [3.8, 4) is 5.75 Å². The lowest BCUT2D eigenvalue weighted by Crippen LogP contribution is -2.41. The Kier molecular flexibility index (Phi) is 13.1. The molecule has 0 fully saturated rings. The van der Waals surface area contributed by atoms with E-state index in [4.69, 9.17) is 19.9 Å². The van der Waals surface area contributed by atoms with E-state index in [1.165, 1.54) is 24.3 Å². The summed E-state index contributed by atoms with van der Waals surface area (Å²) in [6, 6.07) is 12.5. The first-order valence-corrected chi connectivity index (χ1v) is 14.1. The fourth-order valence-corrected chi connectivity index (χ4v) is 4.54. The number of hydrogen-bond acceptors (Lipinski definition) is 7. The van der Waals surface area contributed by atoms with Crippen LogP contribution in [0.2, 0.25) is 0 Å². The molecule has 0 unspecified atom stereocenters. The molecule has 2 rings (SSSR count). The maximum absolute atomic E-state index is 12.5. The molecule has 0 spiro atoms. The first kappa shape index (κ1) is 32.8. The quantitative estimate of drug-likeness (QED) is 0.144. The minimum absolute atomic E-state index is 0.151. The van der Waals surface area contributed by atoms with Crippen LogP contribution in [0.25, 0.3) is 0 Å². The topological polar surface area (TPSA) is 129 Å². The zero-order valence-corrected chi connectivity index (χ0v) is 24.5. The Morgan fingerprint density at radius 1 is 0.775 bits per heavy atom. The van der Waals surface area contributed by atoms with Crippen LogP contribution < -0.4 is 21.1 Å². The van der Waals surface area contributed by atoms with Gasteiger partial charge in [-0.2, -0.15) is 0 Å². The highest BCUT2D eigenvalue weighted by Crippen LogP contribution is 2.28. The van der Waals surface area contributed by atoms with Gasteiger partial charge in [0, 0.05) is 24.9 Å². The average Bonchev–Trinajstić information content (AvgIpc) is 2.98. The molecule has 40 heavy (non-hydrogen) atoms. The summed E-state index contributed by atoms with van der Waals surface area (Å²) in [5.41, 5.74) is 6.41. The van der Waals surface area contributed by atoms with Gasteiger partial charge in [0.05, 0.1) is 29.9 Å². The molecule has 0 aromatic heterocycles. The van der Waals surface area contributed by atoms with Crippen LogP contribution in [0.5, 0.6) is 5.75 Å². The van der Waals surface area contributed by atoms with Crippen molar-refractivity contribution in [1.82, 2.24) is 10.6 Å². The Bertz CT molecular complexity index is 1070. The lowest BCUT2D eigenvalue weighted by atomic mass is 9.91. The molecule has 0 atom stereocenters. The van der Waals surface area contributed by atoms with Crippen LogP contribution in [0.4, 0.5) is 5.69 Å². The molecule has 0 aliphatic rings. The van der Waals surface area contributed by atoms with Crippen molar-refractivity contribution >= 4 is 23.5 Å². The number of carbonyl (C=O) groups is 3. The Morgan fingerprint density at radius 2 is 1.35 bits per heavy atom. The monoisotopic (exact) mass is 555 g/mol. The SMILES string of the molecule is CCC(CC)(CCOC(CC)(CC)CCNC(=O)CNC(=O)c1ccc(OC(=O)c2ccc(N)cc2)cc1)OC. The van der Waals surface area contributed by atoms with Crippen molar-refractivity contribution in [2.45, 2.75) is 77.4 Å². The van der Waals surface area contributed by atoms with Crippen molar-refractivity contribution in [2.24, 2.45) is 0 Å². The summed E-state index contributed by atoms with van der Waals surface area (Å²) >= 11 is 0. The van der Waals surface area contributed by atoms with Gasteiger partial charge in [-0.15, -0.1) is 0 Å². The summed E-state index contributed by atoms with van der Waals surface area (Å²) in [5, 5.41) is 5.50. The molecule has 2 amide bonds. The van der Waals surface area contributed by atoms with Crippen LogP contribution >= 0.6 is 0 Å². The number of nitrogen functional groups attached to an aromatic ring is 1. The fraction of sp³-hybridized carbons (Fsp3) is 0.516. The Labute approximate surface area is 238 Å². The van der Waals surface area contributed by atoms with Crippen LogP contribution in [0, 0.1) is 0 Å². The molecule has 0 saturated heterocycles. The van der Waals surface area contributed by atoms with Crippen molar-refractivity contribution in [1.29, 1.82) is 0 Å². The van der Waals surface area contributed by atoms with E-state index in [9.17, 15) is 14.4 Å². The third-order valence-electron chi connectivity index (χ3n) is 7.76. The van der Waals surface area contributed by atoms with Crippen LogP contribution in [-0.2, 0) is 14.3 Å². The lowest BCUT2D eigenvalue weighted by Gasteiger charge is -2.35. The molecule has 2 aromatic carbocycles. The minimum Gasteiger partial charge on any atom is -0.423 e. The van der Waals surface area contributed by atoms with E-state index in [1.54, 1.807) is 31.4 Å². The van der Waals surface area contributed by atoms with E-state index < -0.39 is 11.9 Å². The fourth-order valence-electron chi connectivity index (χ4n) is 4.54. The molecule has 0 bridgehead atoms. The van der Waals surface area contributed by atoms with Gasteiger partial charge in [-0.05, 0) is 87.1 Å². The van der Waals surface area contributed by atoms with Crippen LogP contribution in [0.15, 0.2) is 48.5 Å². The molecular weight excluding hydrogens is 510 g/mol. The highest BCUT2D eigenvalue weighted by Gasteiger charge is 2.30. The number of hydrogen-bond donors (Lipinski definition) is 3. The second kappa shape index (κ2) is 16.0. The van der Waals surface area contributed by atoms with E-state index >= 15 is 0 Å². The van der Waals surface area contributed by atoms with Crippen LogP contribution in [0.3, 0.4) is 0 Å². The number of benzene rings is 2. The molecule has 0 radical (unpaired) electrons. The molecule has 220 valence electrons. The number of carbonyl (C=O) groups excluding carboxylic acids is 3. The van der Waals surface area contributed by atoms with Gasteiger partial charge in [0.1, 0.15) is 5.75 Å². The molecule has 4 N–H and O–H groups in total. The van der Waals surface area contributed by atoms with E-state index in [2.05, 4.69) is 38.3 Å². The number of methoxy groups -OCH3 is 1. The van der Waals surface area contributed by atoms with Gasteiger partial charge in [-0.25, -0.2) is 4.79 Å². The van der Waals surface area contributed by atoms with Crippen molar-refractivity contribution in [2.75, 3.05) is 32.5 Å². The number of anilines is 1. The van der Waals surface area contributed by atoms with Gasteiger partial charge < -0.3 is 30.6 Å². The molecule has 9 nitrogen and oxygen atoms in total. The molecule has 2 aromatic rings. The summed E-state index contributed by atoms with van der Waals surface area (Å²) in [7, 11) is 1.75. The molecule has 9 heteroatoms. The predicted octanol–water partition coefficient (Wildman–Crippen LogP) is 4.89. The van der Waals surface area contributed by atoms with Crippen molar-refractivity contribution in [3.05, 3.63) is 59.7 Å². The van der Waals surface area contributed by atoms with Crippen molar-refractivity contribution < 1.29 is 28.6 Å². The molecular formula is C31H45N3O6. The van der Waals surface area contributed by atoms with E-state index in [0.29, 0.717) is 42.1 Å². The number of nitrogens with two attached hydrogens (primary N) is 1. The van der Waals surface area contributed by atoms with E-state index in [-0.39, 0.29) is 23.7 Å². The van der Waals surface area contributed by atoms with Gasteiger partial charge in [0.15, 0.2) is 0 Å². The highest BCUT2D eigenvalue weighted by atomic mass is 16.5. The summed E-state index contributed by atoms with van der Waals surface area (Å²) < 4.78 is 17.4. The molecule has 0 saturated carbocycles. The molecule has 0 aliphatic heterocycles. The number of rotatable bonds is 17. The van der Waals surface area contributed by atoms with E-state index in [1.807, 2.05) is 0 Å². The van der Waals surface area contributed by atoms with E-state index in [0.717, 1.165) is 32.1 Å². The normalized spacial score (nSPS) is 11.6. The second-order valence-corrected chi connectivity index (χ2v) is 9.90. The summed E-state index contributed by atoms with van der Waals surface area (Å²) in [6.45, 7) is 9.34. The smallest absolute Gasteiger partial charge is 0.343 e. The average molecular weight is 556 g/mol. The molecule has 0 aliphatic carbocycles. The number of ether oxygens (including phenoxy) is 3. The summed E-state index contributed by atoms with van der Waals surface area (Å²) in [5.74, 6) is -0.913. The highest BCUT2D eigenvalue weighted by molar-refractivity contribution is 5.96. The Hall–Kier alpha value is -3.43. The first-order chi connectivity index (χ1) is 19.1. The largest absolute Gasteiger partial charge is 0.423 e. The van der Waals surface area contributed by atoms with Gasteiger partial charge >= 0.3 is 5.97 Å². The number of nitrogens with one attached hydrogen (secondary N) is 2. The minimum atomic E-state index is -0.528. The standard InChI is InChI=1S/C31H45N3O6/c1-6-30(7-2,38-5)19-21-39-31(8-3,9-4)18-20-33-27(35)22-34-28(36)23-12-16-26(17-13-23)40-29(37)24-10-14-25(32)15-11-24/h10-17H,6-9,18-22,32H2,1-5H3,(H,33,35)(H,34,36). The van der Waals surface area contributed by atoms with Crippen LogP contribution in [-0.4, -0.2) is 55.8 Å². The van der Waals surface area contributed by atoms with Crippen molar-refractivity contribution in [3.63, 3.8) is 0 Å². The lowest BCUT2D eigenvalue weighted by molar-refractivity contribution is -0.120. The first-order valence-electron chi connectivity index (χ1n) is 14.1. The third-order valence-corrected chi connectivity index (χ3v) is 7.76. The third kappa shape index (κ3) is 9.64. The zero-order chi connectivity index (χ0) is 29.6. The predicted molar refractivity (Wildman–Crippen MR) is 156 cm³/mol. The number of esters is 1. The van der Waals surface area contributed by atoms with Gasteiger partial charge in [0.25, 0.3) is 5.91 Å².